The zero-order valence-electron chi connectivity index (χ0n) is 26.3. The maximum atomic E-state index is 2.41. The summed E-state index contributed by atoms with van der Waals surface area (Å²) in [6, 6.07) is 68.2. The third kappa shape index (κ3) is 5.04. The molecule has 1 heterocycles. The molecule has 2 heteroatoms. The summed E-state index contributed by atoms with van der Waals surface area (Å²) < 4.78 is 2.64. The Morgan fingerprint density at radius 1 is 0.333 bits per heavy atom. The first kappa shape index (κ1) is 28.3. The van der Waals surface area contributed by atoms with Crippen molar-refractivity contribution in [2.75, 3.05) is 4.90 Å². The van der Waals surface area contributed by atoms with Crippen molar-refractivity contribution >= 4 is 59.3 Å². The minimum atomic E-state index is 1.11. The van der Waals surface area contributed by atoms with E-state index in [1.165, 1.54) is 64.3 Å². The number of fused-ring (bicyclic) bond motifs is 4. The maximum Gasteiger partial charge on any atom is 0.0540 e. The number of anilines is 3. The first-order chi connectivity index (χ1) is 23.8. The van der Waals surface area contributed by atoms with E-state index in [0.717, 1.165) is 17.1 Å². The molecule has 1 aromatic heterocycles. The van der Waals surface area contributed by atoms with E-state index in [2.05, 4.69) is 193 Å². The van der Waals surface area contributed by atoms with Crippen LogP contribution < -0.4 is 4.90 Å². The first-order valence-corrected chi connectivity index (χ1v) is 17.2. The van der Waals surface area contributed by atoms with E-state index in [1.807, 2.05) is 11.3 Å². The lowest BCUT2D eigenvalue weighted by molar-refractivity contribution is 1.28. The Kier molecular flexibility index (Phi) is 7.07. The smallest absolute Gasteiger partial charge is 0.0540 e. The molecule has 0 aliphatic rings. The molecule has 0 fully saturated rings. The zero-order valence-corrected chi connectivity index (χ0v) is 27.1. The monoisotopic (exact) mass is 629 g/mol. The Hall–Kier alpha value is -5.96. The second-order valence-corrected chi connectivity index (χ2v) is 13.2. The largest absolute Gasteiger partial charge is 0.310 e. The van der Waals surface area contributed by atoms with Gasteiger partial charge in [-0.2, -0.15) is 0 Å². The summed E-state index contributed by atoms with van der Waals surface area (Å²) in [5.41, 5.74) is 10.6. The van der Waals surface area contributed by atoms with Crippen LogP contribution in [-0.4, -0.2) is 0 Å². The van der Waals surface area contributed by atoms with E-state index in [9.17, 15) is 0 Å². The summed E-state index contributed by atoms with van der Waals surface area (Å²) in [6.45, 7) is 0. The number of nitrogens with zero attached hydrogens (tertiary/aromatic N) is 1. The topological polar surface area (TPSA) is 3.24 Å². The standard InChI is InChI=1S/C46H31NS/c1-2-12-32(13-3-1)33-24-27-37(28-25-33)47(38-17-10-16-35(30-38)40-21-11-15-34-14-4-5-18-39(34)40)44-22-8-6-19-41(44)36-26-29-46-43(31-36)42-20-7-9-23-45(42)48-46/h1-31H. The zero-order chi connectivity index (χ0) is 31.9. The summed E-state index contributed by atoms with van der Waals surface area (Å²) in [4.78, 5) is 2.41. The van der Waals surface area contributed by atoms with E-state index < -0.39 is 0 Å². The molecular weight excluding hydrogens is 599 g/mol. The molecule has 0 spiro atoms. The van der Waals surface area contributed by atoms with Crippen LogP contribution >= 0.6 is 11.3 Å². The van der Waals surface area contributed by atoms with Gasteiger partial charge in [-0.15, -0.1) is 11.3 Å². The van der Waals surface area contributed by atoms with E-state index in [0.29, 0.717) is 0 Å². The van der Waals surface area contributed by atoms with Crippen molar-refractivity contribution in [1.29, 1.82) is 0 Å². The predicted octanol–water partition coefficient (Wildman–Crippen LogP) is 13.7. The number of hydrogen-bond acceptors (Lipinski definition) is 2. The molecule has 1 nitrogen and oxygen atoms in total. The van der Waals surface area contributed by atoms with Crippen molar-refractivity contribution in [3.8, 4) is 33.4 Å². The van der Waals surface area contributed by atoms with Crippen LogP contribution in [0.25, 0.3) is 64.3 Å². The Balaban J connectivity index is 1.23. The lowest BCUT2D eigenvalue weighted by Crippen LogP contribution is -2.11. The molecule has 8 aromatic carbocycles. The van der Waals surface area contributed by atoms with Gasteiger partial charge in [0.1, 0.15) is 0 Å². The second kappa shape index (κ2) is 12.0. The molecular formula is C46H31NS. The molecule has 0 saturated heterocycles. The Morgan fingerprint density at radius 2 is 0.938 bits per heavy atom. The lowest BCUT2D eigenvalue weighted by atomic mass is 9.97. The SMILES string of the molecule is c1ccc(-c2ccc(N(c3cccc(-c4cccc5ccccc45)c3)c3ccccc3-c3ccc4sc5ccccc5c4c3)cc2)cc1. The van der Waals surface area contributed by atoms with Crippen molar-refractivity contribution in [1.82, 2.24) is 0 Å². The fourth-order valence-electron chi connectivity index (χ4n) is 6.96. The molecule has 0 amide bonds. The van der Waals surface area contributed by atoms with Gasteiger partial charge in [0.2, 0.25) is 0 Å². The minimum absolute atomic E-state index is 1.11. The summed E-state index contributed by atoms with van der Waals surface area (Å²) >= 11 is 1.86. The van der Waals surface area contributed by atoms with Crippen molar-refractivity contribution < 1.29 is 0 Å². The van der Waals surface area contributed by atoms with Crippen LogP contribution in [0.2, 0.25) is 0 Å². The molecule has 0 aliphatic heterocycles. The highest BCUT2D eigenvalue weighted by Gasteiger charge is 2.19. The minimum Gasteiger partial charge on any atom is -0.310 e. The first-order valence-electron chi connectivity index (χ1n) is 16.3. The van der Waals surface area contributed by atoms with Crippen molar-refractivity contribution in [2.45, 2.75) is 0 Å². The average molecular weight is 630 g/mol. The normalized spacial score (nSPS) is 11.3. The summed E-state index contributed by atoms with van der Waals surface area (Å²) in [5.74, 6) is 0. The number of thiophene rings is 1. The molecule has 9 aromatic rings. The van der Waals surface area contributed by atoms with Crippen LogP contribution in [0.5, 0.6) is 0 Å². The number of rotatable bonds is 6. The van der Waals surface area contributed by atoms with Crippen LogP contribution in [0.3, 0.4) is 0 Å². The Labute approximate surface area is 284 Å². The van der Waals surface area contributed by atoms with Crippen molar-refractivity contribution in [2.24, 2.45) is 0 Å². The van der Waals surface area contributed by atoms with Gasteiger partial charge in [0.25, 0.3) is 0 Å². The van der Waals surface area contributed by atoms with E-state index in [4.69, 9.17) is 0 Å². The van der Waals surface area contributed by atoms with Crippen LogP contribution in [0, 0.1) is 0 Å². The average Bonchev–Trinajstić information content (AvgIpc) is 3.54. The van der Waals surface area contributed by atoms with E-state index in [1.54, 1.807) is 0 Å². The Bertz CT molecular complexity index is 2560. The highest BCUT2D eigenvalue weighted by Crippen LogP contribution is 2.44. The van der Waals surface area contributed by atoms with Gasteiger partial charge in [0, 0.05) is 37.1 Å². The van der Waals surface area contributed by atoms with Gasteiger partial charge in [0.15, 0.2) is 0 Å². The molecule has 0 unspecified atom stereocenters. The van der Waals surface area contributed by atoms with Gasteiger partial charge in [-0.25, -0.2) is 0 Å². The van der Waals surface area contributed by atoms with Crippen LogP contribution in [0.15, 0.2) is 188 Å². The van der Waals surface area contributed by atoms with Crippen LogP contribution in [0.1, 0.15) is 0 Å². The van der Waals surface area contributed by atoms with Gasteiger partial charge < -0.3 is 4.90 Å². The van der Waals surface area contributed by atoms with E-state index >= 15 is 0 Å². The third-order valence-corrected chi connectivity index (χ3v) is 10.4. The molecule has 0 N–H and O–H groups in total. The van der Waals surface area contributed by atoms with Gasteiger partial charge >= 0.3 is 0 Å². The highest BCUT2D eigenvalue weighted by atomic mass is 32.1. The molecule has 0 atom stereocenters. The van der Waals surface area contributed by atoms with Gasteiger partial charge in [-0.1, -0.05) is 140 Å². The molecule has 0 aliphatic carbocycles. The number of para-hydroxylation sites is 1. The third-order valence-electron chi connectivity index (χ3n) is 9.27. The van der Waals surface area contributed by atoms with E-state index in [-0.39, 0.29) is 0 Å². The number of benzene rings is 8. The molecule has 48 heavy (non-hydrogen) atoms. The molecule has 0 saturated carbocycles. The fourth-order valence-corrected chi connectivity index (χ4v) is 8.04. The van der Waals surface area contributed by atoms with Crippen LogP contribution in [0.4, 0.5) is 17.1 Å². The van der Waals surface area contributed by atoms with Crippen molar-refractivity contribution in [3.63, 3.8) is 0 Å². The van der Waals surface area contributed by atoms with Crippen LogP contribution in [-0.2, 0) is 0 Å². The number of hydrogen-bond donors (Lipinski definition) is 0. The van der Waals surface area contributed by atoms with Crippen molar-refractivity contribution in [3.05, 3.63) is 188 Å². The van der Waals surface area contributed by atoms with Gasteiger partial charge in [-0.3, -0.25) is 0 Å². The maximum absolute atomic E-state index is 2.41. The fraction of sp³-hybridized carbons (Fsp3) is 0. The molecule has 226 valence electrons. The highest BCUT2D eigenvalue weighted by molar-refractivity contribution is 7.25. The predicted molar refractivity (Wildman–Crippen MR) is 208 cm³/mol. The molecule has 0 bridgehead atoms. The summed E-state index contributed by atoms with van der Waals surface area (Å²) in [6.07, 6.45) is 0. The molecule has 0 radical (unpaired) electrons. The van der Waals surface area contributed by atoms with Gasteiger partial charge in [0.05, 0.1) is 5.69 Å². The summed E-state index contributed by atoms with van der Waals surface area (Å²) in [7, 11) is 0. The summed E-state index contributed by atoms with van der Waals surface area (Å²) in [5, 5.41) is 5.12. The second-order valence-electron chi connectivity index (χ2n) is 12.2. The van der Waals surface area contributed by atoms with Gasteiger partial charge in [-0.05, 0) is 87.1 Å². The lowest BCUT2D eigenvalue weighted by Gasteiger charge is -2.28. The Morgan fingerprint density at radius 3 is 1.83 bits per heavy atom. The quantitative estimate of drug-likeness (QED) is 0.177. The molecule has 9 rings (SSSR count).